The molecule has 0 fully saturated rings. The number of benzene rings is 2. The monoisotopic (exact) mass is 428 g/mol. The maximum absolute atomic E-state index is 13.0. The van der Waals surface area contributed by atoms with Crippen LogP contribution in [-0.2, 0) is 16.1 Å². The van der Waals surface area contributed by atoms with Crippen molar-refractivity contribution in [1.29, 1.82) is 0 Å². The Bertz CT molecular complexity index is 899. The third-order valence-corrected chi connectivity index (χ3v) is 4.70. The third-order valence-electron chi connectivity index (χ3n) is 4.70. The Balaban J connectivity index is 0.000000501. The van der Waals surface area contributed by atoms with Gasteiger partial charge in [-0.15, -0.1) is 0 Å². The van der Waals surface area contributed by atoms with Gasteiger partial charge >= 0.3 is 11.9 Å². The van der Waals surface area contributed by atoms with E-state index in [9.17, 15) is 4.79 Å². The smallest absolute Gasteiger partial charge is 0.414 e. The highest BCUT2D eigenvalue weighted by atomic mass is 16.5. The van der Waals surface area contributed by atoms with Crippen LogP contribution in [0.25, 0.3) is 0 Å². The number of carboxylic acid groups (broad SMARTS) is 2. The van der Waals surface area contributed by atoms with Crippen molar-refractivity contribution in [3.8, 4) is 5.75 Å². The molecule has 0 radical (unpaired) electrons. The van der Waals surface area contributed by atoms with Gasteiger partial charge in [0.25, 0.3) is 5.91 Å². The molecule has 2 aromatic rings. The molecule has 0 saturated carbocycles. The van der Waals surface area contributed by atoms with Crippen LogP contribution in [0.15, 0.2) is 48.5 Å². The van der Waals surface area contributed by atoms with Gasteiger partial charge in [0.15, 0.2) is 0 Å². The summed E-state index contributed by atoms with van der Waals surface area (Å²) in [5.74, 6) is -2.91. The fourth-order valence-electron chi connectivity index (χ4n) is 3.06. The van der Waals surface area contributed by atoms with E-state index >= 15 is 0 Å². The lowest BCUT2D eigenvalue weighted by atomic mass is 10.1. The van der Waals surface area contributed by atoms with Crippen LogP contribution in [0, 0.1) is 6.92 Å². The fourth-order valence-corrected chi connectivity index (χ4v) is 3.06. The molecular weight excluding hydrogens is 400 g/mol. The summed E-state index contributed by atoms with van der Waals surface area (Å²) in [5, 5.41) is 14.8. The number of amides is 1. The molecule has 1 amide bonds. The molecule has 1 atom stereocenters. The number of para-hydroxylation sites is 1. The minimum Gasteiger partial charge on any atom is -0.488 e. The van der Waals surface area contributed by atoms with Gasteiger partial charge in [-0.05, 0) is 45.1 Å². The molecule has 166 valence electrons. The highest BCUT2D eigenvalue weighted by molar-refractivity contribution is 6.27. The molecular formula is C23H28N2O6. The first kappa shape index (κ1) is 23.9. The summed E-state index contributed by atoms with van der Waals surface area (Å²) in [6.07, 6.45) is 0.888. The highest BCUT2D eigenvalue weighted by Crippen LogP contribution is 2.26. The van der Waals surface area contributed by atoms with Crippen molar-refractivity contribution in [2.45, 2.75) is 26.0 Å². The topological polar surface area (TPSA) is 107 Å². The van der Waals surface area contributed by atoms with E-state index in [1.807, 2.05) is 29.2 Å². The fraction of sp³-hybridized carbons (Fsp3) is 0.348. The number of ether oxygens (including phenoxy) is 1. The van der Waals surface area contributed by atoms with Gasteiger partial charge in [0.05, 0.1) is 12.1 Å². The molecule has 0 bridgehead atoms. The summed E-state index contributed by atoms with van der Waals surface area (Å²) in [7, 11) is 4.11. The number of hydrogen-bond donors (Lipinski definition) is 2. The van der Waals surface area contributed by atoms with Crippen LogP contribution in [-0.4, -0.2) is 71.1 Å². The SMILES string of the molecule is Cc1ccc(CN2CC(CCN(C)C)Oc3ccccc3C2=O)cc1.O=C(O)C(=O)O. The molecule has 0 saturated heterocycles. The number of carbonyl (C=O) groups excluding carboxylic acids is 1. The molecule has 3 rings (SSSR count). The Kier molecular flexibility index (Phi) is 8.57. The molecule has 1 aliphatic rings. The Morgan fingerprint density at radius 2 is 1.68 bits per heavy atom. The molecule has 0 spiro atoms. The molecule has 0 aliphatic carbocycles. The summed E-state index contributed by atoms with van der Waals surface area (Å²) in [5.41, 5.74) is 3.02. The van der Waals surface area contributed by atoms with E-state index in [4.69, 9.17) is 24.5 Å². The molecule has 1 unspecified atom stereocenters. The van der Waals surface area contributed by atoms with Crippen molar-refractivity contribution in [3.05, 3.63) is 65.2 Å². The predicted octanol–water partition coefficient (Wildman–Crippen LogP) is 2.51. The normalized spacial score (nSPS) is 15.3. The molecule has 0 aromatic heterocycles. The minimum absolute atomic E-state index is 0.000415. The van der Waals surface area contributed by atoms with Crippen molar-refractivity contribution in [3.63, 3.8) is 0 Å². The second-order valence-corrected chi connectivity index (χ2v) is 7.61. The number of nitrogens with zero attached hydrogens (tertiary/aromatic N) is 2. The van der Waals surface area contributed by atoms with E-state index < -0.39 is 11.9 Å². The highest BCUT2D eigenvalue weighted by Gasteiger charge is 2.28. The van der Waals surface area contributed by atoms with E-state index in [2.05, 4.69) is 50.2 Å². The van der Waals surface area contributed by atoms with Crippen LogP contribution in [0.2, 0.25) is 0 Å². The van der Waals surface area contributed by atoms with Crippen molar-refractivity contribution in [2.24, 2.45) is 0 Å². The van der Waals surface area contributed by atoms with Gasteiger partial charge in [0, 0.05) is 13.1 Å². The first-order valence-corrected chi connectivity index (χ1v) is 9.88. The molecule has 2 aromatic carbocycles. The number of aliphatic carboxylic acids is 2. The maximum Gasteiger partial charge on any atom is 0.414 e. The summed E-state index contributed by atoms with van der Waals surface area (Å²) < 4.78 is 6.18. The molecule has 1 aliphatic heterocycles. The molecule has 1 heterocycles. The zero-order chi connectivity index (χ0) is 23.0. The number of rotatable bonds is 5. The van der Waals surface area contributed by atoms with E-state index in [0.717, 1.165) is 18.5 Å². The number of fused-ring (bicyclic) bond motifs is 1. The van der Waals surface area contributed by atoms with Crippen LogP contribution < -0.4 is 4.74 Å². The molecule has 8 nitrogen and oxygen atoms in total. The largest absolute Gasteiger partial charge is 0.488 e. The first-order valence-electron chi connectivity index (χ1n) is 9.88. The van der Waals surface area contributed by atoms with E-state index in [1.54, 1.807) is 0 Å². The molecule has 8 heteroatoms. The average Bonchev–Trinajstić information content (AvgIpc) is 2.85. The lowest BCUT2D eigenvalue weighted by Gasteiger charge is -2.25. The zero-order valence-corrected chi connectivity index (χ0v) is 17.9. The summed E-state index contributed by atoms with van der Waals surface area (Å²) in [4.78, 5) is 35.3. The molecule has 31 heavy (non-hydrogen) atoms. The van der Waals surface area contributed by atoms with Crippen molar-refractivity contribution < 1.29 is 29.3 Å². The van der Waals surface area contributed by atoms with Crippen molar-refractivity contribution in [2.75, 3.05) is 27.2 Å². The quantitative estimate of drug-likeness (QED) is 0.705. The van der Waals surface area contributed by atoms with Gasteiger partial charge in [-0.3, -0.25) is 4.79 Å². The van der Waals surface area contributed by atoms with Crippen LogP contribution in [0.3, 0.4) is 0 Å². The van der Waals surface area contributed by atoms with Gasteiger partial charge in [-0.2, -0.15) is 0 Å². The van der Waals surface area contributed by atoms with E-state index in [0.29, 0.717) is 24.4 Å². The summed E-state index contributed by atoms with van der Waals surface area (Å²) >= 11 is 0. The number of carbonyl (C=O) groups is 3. The lowest BCUT2D eigenvalue weighted by Crippen LogP contribution is -2.37. The van der Waals surface area contributed by atoms with Crippen LogP contribution in [0.5, 0.6) is 5.75 Å². The number of aryl methyl sites for hydroxylation is 1. The lowest BCUT2D eigenvalue weighted by molar-refractivity contribution is -0.159. The third kappa shape index (κ3) is 7.42. The van der Waals surface area contributed by atoms with Crippen LogP contribution in [0.1, 0.15) is 27.9 Å². The summed E-state index contributed by atoms with van der Waals surface area (Å²) in [6, 6.07) is 15.9. The Morgan fingerprint density at radius 1 is 1.06 bits per heavy atom. The Morgan fingerprint density at radius 3 is 2.26 bits per heavy atom. The average molecular weight is 428 g/mol. The second-order valence-electron chi connectivity index (χ2n) is 7.61. The van der Waals surface area contributed by atoms with Crippen molar-refractivity contribution in [1.82, 2.24) is 9.80 Å². The van der Waals surface area contributed by atoms with Gasteiger partial charge in [-0.1, -0.05) is 42.0 Å². The standard InChI is InChI=1S/C21H26N2O2.C2H2O4/c1-16-8-10-17(11-9-16)14-23-15-18(12-13-22(2)3)25-20-7-5-4-6-19(20)21(23)24;3-1(4)2(5)6/h4-11,18H,12-15H2,1-3H3;(H,3,4)(H,5,6). The van der Waals surface area contributed by atoms with Crippen molar-refractivity contribution >= 4 is 17.8 Å². The Hall–Kier alpha value is -3.39. The van der Waals surface area contributed by atoms with Crippen LogP contribution >= 0.6 is 0 Å². The van der Waals surface area contributed by atoms with Gasteiger partial charge < -0.3 is 24.7 Å². The van der Waals surface area contributed by atoms with E-state index in [-0.39, 0.29) is 12.0 Å². The Labute approximate surface area is 181 Å². The van der Waals surface area contributed by atoms with Gasteiger partial charge in [0.1, 0.15) is 11.9 Å². The van der Waals surface area contributed by atoms with Gasteiger partial charge in [-0.25, -0.2) is 9.59 Å². The minimum atomic E-state index is -1.82. The predicted molar refractivity (Wildman–Crippen MR) is 115 cm³/mol. The van der Waals surface area contributed by atoms with Gasteiger partial charge in [0.2, 0.25) is 0 Å². The number of carboxylic acids is 2. The number of hydrogen-bond acceptors (Lipinski definition) is 5. The van der Waals surface area contributed by atoms with Crippen LogP contribution in [0.4, 0.5) is 0 Å². The zero-order valence-electron chi connectivity index (χ0n) is 17.9. The summed E-state index contributed by atoms with van der Waals surface area (Å²) in [6.45, 7) is 4.21. The maximum atomic E-state index is 13.0. The van der Waals surface area contributed by atoms with E-state index in [1.165, 1.54) is 5.56 Å². The second kappa shape index (κ2) is 11.1. The molecule has 2 N–H and O–H groups in total. The first-order chi connectivity index (χ1) is 14.7.